The standard InChI is InChI=1S/C15H15ClN2O/c16-12-1-2-13-11(9-19)8-18(14(13)7-12)10-15(3-4-15)5-6-17/h1-2,7-8,19H,3-5,9-10H2. The second kappa shape index (κ2) is 4.56. The molecule has 0 spiro atoms. The zero-order valence-corrected chi connectivity index (χ0v) is 11.3. The minimum Gasteiger partial charge on any atom is -0.392 e. The molecule has 0 radical (unpaired) electrons. The van der Waals surface area contributed by atoms with Crippen LogP contribution in [-0.4, -0.2) is 9.67 Å². The number of nitriles is 1. The molecule has 0 saturated heterocycles. The van der Waals surface area contributed by atoms with Crippen LogP contribution in [0.15, 0.2) is 24.4 Å². The molecule has 0 bridgehead atoms. The van der Waals surface area contributed by atoms with Gasteiger partial charge < -0.3 is 9.67 Å². The van der Waals surface area contributed by atoms with E-state index < -0.39 is 0 Å². The number of fused-ring (bicyclic) bond motifs is 1. The first-order valence-corrected chi connectivity index (χ1v) is 6.80. The quantitative estimate of drug-likeness (QED) is 0.928. The zero-order chi connectivity index (χ0) is 13.5. The molecule has 0 amide bonds. The highest BCUT2D eigenvalue weighted by molar-refractivity contribution is 6.31. The Morgan fingerprint density at radius 3 is 2.84 bits per heavy atom. The van der Waals surface area contributed by atoms with Gasteiger partial charge in [0.05, 0.1) is 12.7 Å². The highest BCUT2D eigenvalue weighted by Gasteiger charge is 2.42. The van der Waals surface area contributed by atoms with Crippen molar-refractivity contribution in [1.29, 1.82) is 5.26 Å². The van der Waals surface area contributed by atoms with Crippen molar-refractivity contribution in [2.75, 3.05) is 0 Å². The van der Waals surface area contributed by atoms with Gasteiger partial charge in [-0.05, 0) is 25.0 Å². The summed E-state index contributed by atoms with van der Waals surface area (Å²) in [6.45, 7) is 0.855. The van der Waals surface area contributed by atoms with E-state index >= 15 is 0 Å². The van der Waals surface area contributed by atoms with E-state index in [1.807, 2.05) is 24.4 Å². The van der Waals surface area contributed by atoms with Crippen LogP contribution < -0.4 is 0 Å². The third-order valence-electron chi connectivity index (χ3n) is 4.01. The van der Waals surface area contributed by atoms with Gasteiger partial charge in [0.25, 0.3) is 0 Å². The molecule has 1 aliphatic rings. The number of nitrogens with zero attached hydrogens (tertiary/aromatic N) is 2. The molecule has 0 unspecified atom stereocenters. The largest absolute Gasteiger partial charge is 0.392 e. The molecule has 1 heterocycles. The van der Waals surface area contributed by atoms with Crippen LogP contribution >= 0.6 is 11.6 Å². The van der Waals surface area contributed by atoms with Crippen molar-refractivity contribution in [2.24, 2.45) is 5.41 Å². The summed E-state index contributed by atoms with van der Waals surface area (Å²) in [5.41, 5.74) is 2.09. The lowest BCUT2D eigenvalue weighted by molar-refractivity contribution is 0.282. The molecule has 0 aliphatic heterocycles. The number of hydrogen-bond donors (Lipinski definition) is 1. The number of aliphatic hydroxyl groups excluding tert-OH is 1. The SMILES string of the molecule is N#CCC1(Cn2cc(CO)c3ccc(Cl)cc32)CC1. The van der Waals surface area contributed by atoms with Crippen LogP contribution in [-0.2, 0) is 13.2 Å². The van der Waals surface area contributed by atoms with E-state index in [-0.39, 0.29) is 12.0 Å². The molecule has 4 heteroatoms. The molecule has 1 saturated carbocycles. The molecule has 3 nitrogen and oxygen atoms in total. The van der Waals surface area contributed by atoms with Crippen LogP contribution in [0.25, 0.3) is 10.9 Å². The van der Waals surface area contributed by atoms with Gasteiger partial charge in [-0.1, -0.05) is 17.7 Å². The van der Waals surface area contributed by atoms with E-state index in [1.165, 1.54) is 0 Å². The molecule has 1 aliphatic carbocycles. The maximum atomic E-state index is 9.44. The Morgan fingerprint density at radius 1 is 1.42 bits per heavy atom. The third-order valence-corrected chi connectivity index (χ3v) is 4.25. The minimum absolute atomic E-state index is 0.0242. The van der Waals surface area contributed by atoms with Gasteiger partial charge in [-0.25, -0.2) is 0 Å². The van der Waals surface area contributed by atoms with Crippen molar-refractivity contribution in [3.63, 3.8) is 0 Å². The molecule has 2 aromatic rings. The first kappa shape index (κ1) is 12.5. The van der Waals surface area contributed by atoms with Gasteiger partial charge in [-0.15, -0.1) is 0 Å². The van der Waals surface area contributed by atoms with Crippen LogP contribution in [0.3, 0.4) is 0 Å². The molecule has 1 aromatic carbocycles. The fourth-order valence-corrected chi connectivity index (χ4v) is 2.86. The van der Waals surface area contributed by atoms with E-state index in [9.17, 15) is 5.11 Å². The Morgan fingerprint density at radius 2 is 2.21 bits per heavy atom. The average Bonchev–Trinajstić information content (AvgIpc) is 3.06. The highest BCUT2D eigenvalue weighted by atomic mass is 35.5. The van der Waals surface area contributed by atoms with E-state index in [0.717, 1.165) is 35.9 Å². The lowest BCUT2D eigenvalue weighted by Gasteiger charge is -2.13. The first-order chi connectivity index (χ1) is 9.17. The molecule has 1 aromatic heterocycles. The van der Waals surface area contributed by atoms with Gasteiger partial charge in [0.15, 0.2) is 0 Å². The summed E-state index contributed by atoms with van der Waals surface area (Å²) >= 11 is 6.06. The predicted octanol–water partition coefficient (Wildman–Crippen LogP) is 3.48. The summed E-state index contributed by atoms with van der Waals surface area (Å²) in [5, 5.41) is 20.1. The van der Waals surface area contributed by atoms with Gasteiger partial charge in [0.2, 0.25) is 0 Å². The van der Waals surface area contributed by atoms with Gasteiger partial charge in [0, 0.05) is 46.1 Å². The second-order valence-corrected chi connectivity index (χ2v) is 5.87. The molecule has 19 heavy (non-hydrogen) atoms. The fourth-order valence-electron chi connectivity index (χ4n) is 2.69. The van der Waals surface area contributed by atoms with E-state index in [1.54, 1.807) is 0 Å². The van der Waals surface area contributed by atoms with Crippen LogP contribution in [0.2, 0.25) is 5.02 Å². The van der Waals surface area contributed by atoms with E-state index in [4.69, 9.17) is 16.9 Å². The van der Waals surface area contributed by atoms with Crippen molar-refractivity contribution in [2.45, 2.75) is 32.4 Å². The van der Waals surface area contributed by atoms with Crippen molar-refractivity contribution < 1.29 is 5.11 Å². The molecular formula is C15H15ClN2O. The second-order valence-electron chi connectivity index (χ2n) is 5.44. The Labute approximate surface area is 117 Å². The minimum atomic E-state index is 0.0242. The smallest absolute Gasteiger partial charge is 0.0702 e. The summed E-state index contributed by atoms with van der Waals surface area (Å²) in [5.74, 6) is 0. The molecule has 1 N–H and O–H groups in total. The monoisotopic (exact) mass is 274 g/mol. The Bertz CT molecular complexity index is 665. The number of halogens is 1. The molecule has 1 fully saturated rings. The third kappa shape index (κ3) is 2.22. The lowest BCUT2D eigenvalue weighted by atomic mass is 10.0. The fraction of sp³-hybridized carbons (Fsp3) is 0.400. The maximum Gasteiger partial charge on any atom is 0.0702 e. The average molecular weight is 275 g/mol. The summed E-state index contributed by atoms with van der Waals surface area (Å²) in [6.07, 6.45) is 4.80. The van der Waals surface area contributed by atoms with E-state index in [0.29, 0.717) is 11.4 Å². The molecule has 0 atom stereocenters. The highest BCUT2D eigenvalue weighted by Crippen LogP contribution is 2.50. The number of rotatable bonds is 4. The van der Waals surface area contributed by atoms with E-state index in [2.05, 4.69) is 10.6 Å². The topological polar surface area (TPSA) is 49.0 Å². The molecule has 3 rings (SSSR count). The van der Waals surface area contributed by atoms with Crippen LogP contribution in [0.4, 0.5) is 0 Å². The van der Waals surface area contributed by atoms with Crippen LogP contribution in [0.1, 0.15) is 24.8 Å². The first-order valence-electron chi connectivity index (χ1n) is 6.42. The summed E-state index contributed by atoms with van der Waals surface area (Å²) in [6, 6.07) is 8.00. The van der Waals surface area contributed by atoms with Crippen molar-refractivity contribution >= 4 is 22.5 Å². The maximum absolute atomic E-state index is 9.44. The van der Waals surface area contributed by atoms with Crippen molar-refractivity contribution in [1.82, 2.24) is 4.57 Å². The van der Waals surface area contributed by atoms with Gasteiger partial charge >= 0.3 is 0 Å². The Hall–Kier alpha value is -1.50. The number of aromatic nitrogens is 1. The summed E-state index contributed by atoms with van der Waals surface area (Å²) in [7, 11) is 0. The summed E-state index contributed by atoms with van der Waals surface area (Å²) < 4.78 is 2.14. The van der Waals surface area contributed by atoms with Crippen LogP contribution in [0, 0.1) is 16.7 Å². The van der Waals surface area contributed by atoms with Gasteiger partial charge in [-0.3, -0.25) is 0 Å². The normalized spacial score (nSPS) is 16.5. The number of aliphatic hydroxyl groups is 1. The Kier molecular flexibility index (Phi) is 3.00. The predicted molar refractivity (Wildman–Crippen MR) is 74.8 cm³/mol. The molecular weight excluding hydrogens is 260 g/mol. The number of benzene rings is 1. The lowest BCUT2D eigenvalue weighted by Crippen LogP contribution is -2.10. The van der Waals surface area contributed by atoms with Crippen molar-refractivity contribution in [3.8, 4) is 6.07 Å². The van der Waals surface area contributed by atoms with Gasteiger partial charge in [-0.2, -0.15) is 5.26 Å². The Balaban J connectivity index is 2.04. The van der Waals surface area contributed by atoms with Crippen molar-refractivity contribution in [3.05, 3.63) is 35.0 Å². The van der Waals surface area contributed by atoms with Gasteiger partial charge in [0.1, 0.15) is 0 Å². The summed E-state index contributed by atoms with van der Waals surface area (Å²) in [4.78, 5) is 0. The number of hydrogen-bond acceptors (Lipinski definition) is 2. The molecule has 98 valence electrons. The van der Waals surface area contributed by atoms with Crippen LogP contribution in [0.5, 0.6) is 0 Å². The zero-order valence-electron chi connectivity index (χ0n) is 10.6.